The van der Waals surface area contributed by atoms with Gasteiger partial charge < -0.3 is 20.5 Å². The Morgan fingerprint density at radius 1 is 1.27 bits per heavy atom. The molecule has 4 heteroatoms. The first-order chi connectivity index (χ1) is 7.31. The second-order valence-corrected chi connectivity index (χ2v) is 3.14. The van der Waals surface area contributed by atoms with E-state index in [0.29, 0.717) is 6.54 Å². The number of nitrogens with one attached hydrogen (secondary N) is 1. The molecule has 3 N–H and O–H groups in total. The van der Waals surface area contributed by atoms with Crippen molar-refractivity contribution < 1.29 is 9.47 Å². The van der Waals surface area contributed by atoms with Gasteiger partial charge in [-0.05, 0) is 6.07 Å². The van der Waals surface area contributed by atoms with Crippen molar-refractivity contribution in [3.8, 4) is 11.5 Å². The first kappa shape index (κ1) is 11.8. The molecule has 0 atom stereocenters. The molecule has 0 radical (unpaired) electrons. The van der Waals surface area contributed by atoms with Gasteiger partial charge in [0.05, 0.1) is 14.2 Å². The van der Waals surface area contributed by atoms with Crippen LogP contribution in [0.5, 0.6) is 11.5 Å². The number of rotatable bonds is 6. The summed E-state index contributed by atoms with van der Waals surface area (Å²) in [7, 11) is 3.29. The molecular formula is C11H18N2O2. The Morgan fingerprint density at radius 3 is 2.67 bits per heavy atom. The molecule has 1 rings (SSSR count). The zero-order valence-electron chi connectivity index (χ0n) is 9.25. The highest BCUT2D eigenvalue weighted by molar-refractivity contribution is 5.40. The van der Waals surface area contributed by atoms with Gasteiger partial charge in [0.2, 0.25) is 0 Å². The molecule has 4 nitrogen and oxygen atoms in total. The van der Waals surface area contributed by atoms with Crippen LogP contribution in [-0.4, -0.2) is 27.3 Å². The maximum atomic E-state index is 5.40. The van der Waals surface area contributed by atoms with Gasteiger partial charge >= 0.3 is 0 Å². The lowest BCUT2D eigenvalue weighted by Gasteiger charge is -2.10. The van der Waals surface area contributed by atoms with Crippen LogP contribution in [0.4, 0.5) is 0 Å². The summed E-state index contributed by atoms with van der Waals surface area (Å²) in [6.45, 7) is 2.19. The number of benzene rings is 1. The molecule has 0 aliphatic rings. The molecule has 0 fully saturated rings. The zero-order chi connectivity index (χ0) is 11.1. The summed E-state index contributed by atoms with van der Waals surface area (Å²) in [6.07, 6.45) is 0. The molecule has 84 valence electrons. The topological polar surface area (TPSA) is 56.5 Å². The molecule has 0 amide bonds. The Bertz CT molecular complexity index is 303. The second-order valence-electron chi connectivity index (χ2n) is 3.14. The van der Waals surface area contributed by atoms with E-state index in [-0.39, 0.29) is 0 Å². The molecule has 15 heavy (non-hydrogen) atoms. The van der Waals surface area contributed by atoms with E-state index in [0.717, 1.165) is 30.2 Å². The van der Waals surface area contributed by atoms with Crippen molar-refractivity contribution in [2.75, 3.05) is 27.3 Å². The van der Waals surface area contributed by atoms with Gasteiger partial charge in [0.25, 0.3) is 0 Å². The SMILES string of the molecule is COc1ccc(CNCCN)c(OC)c1. The average molecular weight is 210 g/mol. The maximum absolute atomic E-state index is 5.40. The fraction of sp³-hybridized carbons (Fsp3) is 0.455. The van der Waals surface area contributed by atoms with E-state index in [1.807, 2.05) is 18.2 Å². The molecule has 0 heterocycles. The Hall–Kier alpha value is -1.26. The predicted octanol–water partition coefficient (Wildman–Crippen LogP) is 0.752. The van der Waals surface area contributed by atoms with E-state index in [9.17, 15) is 0 Å². The summed E-state index contributed by atoms with van der Waals surface area (Å²) in [5.74, 6) is 1.63. The molecule has 1 aromatic carbocycles. The molecule has 0 saturated heterocycles. The number of methoxy groups -OCH3 is 2. The molecule has 1 aromatic rings. The number of nitrogens with two attached hydrogens (primary N) is 1. The fourth-order valence-electron chi connectivity index (χ4n) is 1.32. The minimum Gasteiger partial charge on any atom is -0.497 e. The summed E-state index contributed by atoms with van der Waals surface area (Å²) in [6, 6.07) is 5.78. The molecule has 0 bridgehead atoms. The monoisotopic (exact) mass is 210 g/mol. The molecule has 0 aliphatic heterocycles. The van der Waals surface area contributed by atoms with Gasteiger partial charge in [-0.25, -0.2) is 0 Å². The third kappa shape index (κ3) is 3.42. The van der Waals surface area contributed by atoms with Crippen LogP contribution < -0.4 is 20.5 Å². The van der Waals surface area contributed by atoms with Crippen LogP contribution in [0.15, 0.2) is 18.2 Å². The van der Waals surface area contributed by atoms with Gasteiger partial charge in [0.1, 0.15) is 11.5 Å². The van der Waals surface area contributed by atoms with Crippen LogP contribution in [0.2, 0.25) is 0 Å². The lowest BCUT2D eigenvalue weighted by molar-refractivity contribution is 0.390. The number of hydrogen-bond acceptors (Lipinski definition) is 4. The van der Waals surface area contributed by atoms with E-state index >= 15 is 0 Å². The normalized spacial score (nSPS) is 10.1. The van der Waals surface area contributed by atoms with Crippen LogP contribution in [0, 0.1) is 0 Å². The van der Waals surface area contributed by atoms with Crippen LogP contribution >= 0.6 is 0 Å². The molecule has 0 saturated carbocycles. The van der Waals surface area contributed by atoms with Gasteiger partial charge in [-0.1, -0.05) is 6.07 Å². The van der Waals surface area contributed by atoms with E-state index in [1.54, 1.807) is 14.2 Å². The molecule has 0 spiro atoms. The minimum absolute atomic E-state index is 0.637. The average Bonchev–Trinajstić information content (AvgIpc) is 2.29. The number of hydrogen-bond donors (Lipinski definition) is 2. The molecule has 0 aromatic heterocycles. The van der Waals surface area contributed by atoms with Crippen LogP contribution in [0.1, 0.15) is 5.56 Å². The Kier molecular flexibility index (Phi) is 4.93. The van der Waals surface area contributed by atoms with E-state index in [4.69, 9.17) is 15.2 Å². The Balaban J connectivity index is 2.69. The van der Waals surface area contributed by atoms with Crippen LogP contribution in [0.25, 0.3) is 0 Å². The van der Waals surface area contributed by atoms with Crippen molar-refractivity contribution in [3.05, 3.63) is 23.8 Å². The summed E-state index contributed by atoms with van der Waals surface area (Å²) < 4.78 is 10.4. The van der Waals surface area contributed by atoms with E-state index in [2.05, 4.69) is 5.32 Å². The van der Waals surface area contributed by atoms with E-state index < -0.39 is 0 Å². The lowest BCUT2D eigenvalue weighted by atomic mass is 10.2. The first-order valence-corrected chi connectivity index (χ1v) is 4.93. The van der Waals surface area contributed by atoms with Crippen LogP contribution in [0.3, 0.4) is 0 Å². The summed E-state index contributed by atoms with van der Waals surface area (Å²) in [5, 5.41) is 3.22. The highest BCUT2D eigenvalue weighted by Crippen LogP contribution is 2.24. The van der Waals surface area contributed by atoms with Gasteiger partial charge in [0.15, 0.2) is 0 Å². The van der Waals surface area contributed by atoms with Crippen molar-refractivity contribution >= 4 is 0 Å². The second kappa shape index (κ2) is 6.27. The zero-order valence-corrected chi connectivity index (χ0v) is 9.25. The summed E-state index contributed by atoms with van der Waals surface area (Å²) in [5.41, 5.74) is 6.50. The van der Waals surface area contributed by atoms with Crippen molar-refractivity contribution in [3.63, 3.8) is 0 Å². The van der Waals surface area contributed by atoms with Gasteiger partial charge in [0, 0.05) is 31.3 Å². The van der Waals surface area contributed by atoms with Crippen molar-refractivity contribution in [1.82, 2.24) is 5.32 Å². The third-order valence-corrected chi connectivity index (χ3v) is 2.13. The summed E-state index contributed by atoms with van der Waals surface area (Å²) in [4.78, 5) is 0. The Labute approximate surface area is 90.4 Å². The van der Waals surface area contributed by atoms with Crippen molar-refractivity contribution in [2.24, 2.45) is 5.73 Å². The Morgan fingerprint density at radius 2 is 2.07 bits per heavy atom. The highest BCUT2D eigenvalue weighted by atomic mass is 16.5. The van der Waals surface area contributed by atoms with Crippen molar-refractivity contribution in [2.45, 2.75) is 6.54 Å². The van der Waals surface area contributed by atoms with Crippen LogP contribution in [-0.2, 0) is 6.54 Å². The van der Waals surface area contributed by atoms with Gasteiger partial charge in [-0.15, -0.1) is 0 Å². The summed E-state index contributed by atoms with van der Waals surface area (Å²) >= 11 is 0. The quantitative estimate of drug-likeness (QED) is 0.680. The molecule has 0 aliphatic carbocycles. The first-order valence-electron chi connectivity index (χ1n) is 4.93. The number of ether oxygens (including phenoxy) is 2. The highest BCUT2D eigenvalue weighted by Gasteiger charge is 2.03. The largest absolute Gasteiger partial charge is 0.497 e. The van der Waals surface area contributed by atoms with Gasteiger partial charge in [-0.2, -0.15) is 0 Å². The predicted molar refractivity (Wildman–Crippen MR) is 60.3 cm³/mol. The third-order valence-electron chi connectivity index (χ3n) is 2.13. The van der Waals surface area contributed by atoms with Gasteiger partial charge in [-0.3, -0.25) is 0 Å². The fourth-order valence-corrected chi connectivity index (χ4v) is 1.32. The maximum Gasteiger partial charge on any atom is 0.127 e. The lowest BCUT2D eigenvalue weighted by Crippen LogP contribution is -2.22. The standard InChI is InChI=1S/C11H18N2O2/c1-14-10-4-3-9(8-13-6-5-12)11(7-10)15-2/h3-4,7,13H,5-6,8,12H2,1-2H3. The minimum atomic E-state index is 0.637. The smallest absolute Gasteiger partial charge is 0.127 e. The molecular weight excluding hydrogens is 192 g/mol. The van der Waals surface area contributed by atoms with Crippen molar-refractivity contribution in [1.29, 1.82) is 0 Å². The van der Waals surface area contributed by atoms with E-state index in [1.165, 1.54) is 0 Å². The molecule has 0 unspecified atom stereocenters.